The van der Waals surface area contributed by atoms with Crippen LogP contribution in [0.15, 0.2) is 36.0 Å². The molecule has 0 aliphatic carbocycles. The Labute approximate surface area is 160 Å². The average Bonchev–Trinajstić information content (AvgIpc) is 3.35. The van der Waals surface area contributed by atoms with Crippen molar-refractivity contribution in [2.24, 2.45) is 0 Å². The van der Waals surface area contributed by atoms with Crippen molar-refractivity contribution >= 4 is 50.7 Å². The lowest BCUT2D eigenvalue weighted by molar-refractivity contribution is -0.126. The van der Waals surface area contributed by atoms with E-state index in [4.69, 9.17) is 0 Å². The van der Waals surface area contributed by atoms with E-state index in [1.807, 2.05) is 28.5 Å². The molecule has 0 spiro atoms. The predicted octanol–water partition coefficient (Wildman–Crippen LogP) is 3.68. The van der Waals surface area contributed by atoms with Gasteiger partial charge in [-0.15, -0.1) is 22.7 Å². The van der Waals surface area contributed by atoms with Crippen LogP contribution >= 0.6 is 22.7 Å². The van der Waals surface area contributed by atoms with Gasteiger partial charge in [0.1, 0.15) is 17.0 Å². The molecule has 0 unspecified atom stereocenters. The standard InChI is InChI=1S/C19H20N4OS2/c1-2-14-12-16-18(20-13-21-19(16)26-14)23-9-7-22(8-10-23)17(24)6-5-15-4-3-11-25-15/h3-6,11-13H,2,7-10H2,1H3. The maximum atomic E-state index is 12.4. The van der Waals surface area contributed by atoms with Crippen molar-refractivity contribution in [2.75, 3.05) is 31.1 Å². The number of rotatable bonds is 4. The smallest absolute Gasteiger partial charge is 0.246 e. The van der Waals surface area contributed by atoms with Gasteiger partial charge >= 0.3 is 0 Å². The second-order valence-corrected chi connectivity index (χ2v) is 8.24. The Kier molecular flexibility index (Phi) is 4.99. The van der Waals surface area contributed by atoms with Crippen LogP contribution in [0.1, 0.15) is 16.7 Å². The van der Waals surface area contributed by atoms with Crippen LogP contribution in [-0.4, -0.2) is 47.0 Å². The number of piperazine rings is 1. The first-order valence-corrected chi connectivity index (χ1v) is 10.4. The molecule has 0 radical (unpaired) electrons. The third-order valence-corrected chi connectivity index (χ3v) is 6.56. The number of nitrogens with zero attached hydrogens (tertiary/aromatic N) is 4. The Balaban J connectivity index is 1.44. The number of fused-ring (bicyclic) bond motifs is 1. The highest BCUT2D eigenvalue weighted by atomic mass is 32.1. The molecule has 0 saturated carbocycles. The summed E-state index contributed by atoms with van der Waals surface area (Å²) in [6.07, 6.45) is 6.23. The molecule has 1 aliphatic rings. The summed E-state index contributed by atoms with van der Waals surface area (Å²) in [5.74, 6) is 1.07. The number of hydrogen-bond donors (Lipinski definition) is 0. The van der Waals surface area contributed by atoms with E-state index < -0.39 is 0 Å². The number of carbonyl (C=O) groups is 1. The quantitative estimate of drug-likeness (QED) is 0.644. The van der Waals surface area contributed by atoms with E-state index in [-0.39, 0.29) is 5.91 Å². The molecular weight excluding hydrogens is 364 g/mol. The summed E-state index contributed by atoms with van der Waals surface area (Å²) in [6.45, 7) is 5.17. The van der Waals surface area contributed by atoms with Gasteiger partial charge in [0.2, 0.25) is 5.91 Å². The molecule has 4 rings (SSSR count). The van der Waals surface area contributed by atoms with Crippen molar-refractivity contribution in [3.05, 3.63) is 45.7 Å². The van der Waals surface area contributed by atoms with Gasteiger partial charge in [0, 0.05) is 42.0 Å². The third kappa shape index (κ3) is 3.50. The van der Waals surface area contributed by atoms with Crippen molar-refractivity contribution in [2.45, 2.75) is 13.3 Å². The number of hydrogen-bond acceptors (Lipinski definition) is 6. The molecule has 1 amide bonds. The molecule has 3 aromatic heterocycles. The van der Waals surface area contributed by atoms with E-state index in [9.17, 15) is 4.79 Å². The zero-order valence-electron chi connectivity index (χ0n) is 14.6. The Morgan fingerprint density at radius 3 is 2.85 bits per heavy atom. The van der Waals surface area contributed by atoms with Crippen molar-refractivity contribution in [3.8, 4) is 0 Å². The number of anilines is 1. The van der Waals surface area contributed by atoms with Gasteiger partial charge in [-0.2, -0.15) is 0 Å². The van der Waals surface area contributed by atoms with Gasteiger partial charge in [-0.3, -0.25) is 4.79 Å². The normalized spacial score (nSPS) is 15.3. The van der Waals surface area contributed by atoms with Crippen LogP contribution in [0, 0.1) is 0 Å². The van der Waals surface area contributed by atoms with Crippen LogP contribution in [-0.2, 0) is 11.2 Å². The van der Waals surface area contributed by atoms with E-state index in [2.05, 4.69) is 27.9 Å². The Bertz CT molecular complexity index is 924. The summed E-state index contributed by atoms with van der Waals surface area (Å²) in [5.41, 5.74) is 0. The summed E-state index contributed by atoms with van der Waals surface area (Å²) in [5, 5.41) is 3.14. The van der Waals surface area contributed by atoms with E-state index in [1.165, 1.54) is 4.88 Å². The molecule has 1 aliphatic heterocycles. The fraction of sp³-hybridized carbons (Fsp3) is 0.316. The van der Waals surface area contributed by atoms with Crippen LogP contribution in [0.4, 0.5) is 5.82 Å². The molecule has 0 atom stereocenters. The predicted molar refractivity (Wildman–Crippen MR) is 109 cm³/mol. The molecule has 5 nitrogen and oxygen atoms in total. The molecule has 0 N–H and O–H groups in total. The molecule has 3 aromatic rings. The Morgan fingerprint density at radius 2 is 2.12 bits per heavy atom. The van der Waals surface area contributed by atoms with Gasteiger partial charge in [0.15, 0.2) is 0 Å². The summed E-state index contributed by atoms with van der Waals surface area (Å²) in [7, 11) is 0. The van der Waals surface area contributed by atoms with Crippen molar-refractivity contribution in [1.82, 2.24) is 14.9 Å². The highest BCUT2D eigenvalue weighted by Gasteiger charge is 2.22. The maximum absolute atomic E-state index is 12.4. The van der Waals surface area contributed by atoms with Gasteiger partial charge in [0.05, 0.1) is 5.39 Å². The molecule has 1 fully saturated rings. The van der Waals surface area contributed by atoms with Gasteiger partial charge in [-0.25, -0.2) is 9.97 Å². The lowest BCUT2D eigenvalue weighted by Gasteiger charge is -2.35. The molecule has 4 heterocycles. The van der Waals surface area contributed by atoms with E-state index in [1.54, 1.807) is 35.1 Å². The highest BCUT2D eigenvalue weighted by molar-refractivity contribution is 7.18. The maximum Gasteiger partial charge on any atom is 0.246 e. The second-order valence-electron chi connectivity index (χ2n) is 6.14. The largest absolute Gasteiger partial charge is 0.352 e. The Hall–Kier alpha value is -2.25. The second kappa shape index (κ2) is 7.55. The summed E-state index contributed by atoms with van der Waals surface area (Å²) >= 11 is 3.37. The monoisotopic (exact) mass is 384 g/mol. The third-order valence-electron chi connectivity index (χ3n) is 4.53. The molecule has 134 valence electrons. The van der Waals surface area contributed by atoms with Crippen molar-refractivity contribution in [3.63, 3.8) is 0 Å². The van der Waals surface area contributed by atoms with Crippen LogP contribution in [0.3, 0.4) is 0 Å². The van der Waals surface area contributed by atoms with Gasteiger partial charge < -0.3 is 9.80 Å². The molecule has 1 saturated heterocycles. The minimum atomic E-state index is 0.0784. The first-order chi connectivity index (χ1) is 12.7. The molecule has 7 heteroatoms. The SMILES string of the molecule is CCc1cc2c(N3CCN(C(=O)C=Cc4cccs4)CC3)ncnc2s1. The highest BCUT2D eigenvalue weighted by Crippen LogP contribution is 2.30. The summed E-state index contributed by atoms with van der Waals surface area (Å²) < 4.78 is 0. The van der Waals surface area contributed by atoms with E-state index in [0.29, 0.717) is 13.1 Å². The fourth-order valence-corrected chi connectivity index (χ4v) is 4.65. The first kappa shape index (κ1) is 17.2. The number of carbonyl (C=O) groups excluding carboxylic acids is 1. The minimum Gasteiger partial charge on any atom is -0.352 e. The Morgan fingerprint density at radius 1 is 1.27 bits per heavy atom. The number of aryl methyl sites for hydroxylation is 1. The van der Waals surface area contributed by atoms with Crippen LogP contribution in [0.25, 0.3) is 16.3 Å². The van der Waals surface area contributed by atoms with Gasteiger partial charge in [0.25, 0.3) is 0 Å². The van der Waals surface area contributed by atoms with E-state index >= 15 is 0 Å². The number of aromatic nitrogens is 2. The van der Waals surface area contributed by atoms with Crippen molar-refractivity contribution < 1.29 is 4.79 Å². The first-order valence-electron chi connectivity index (χ1n) is 8.73. The summed E-state index contributed by atoms with van der Waals surface area (Å²) in [4.78, 5) is 29.0. The van der Waals surface area contributed by atoms with Crippen LogP contribution in [0.5, 0.6) is 0 Å². The van der Waals surface area contributed by atoms with Crippen LogP contribution in [0.2, 0.25) is 0 Å². The molecular formula is C19H20N4OS2. The lowest BCUT2D eigenvalue weighted by Crippen LogP contribution is -2.48. The minimum absolute atomic E-state index is 0.0784. The lowest BCUT2D eigenvalue weighted by atomic mass is 10.2. The zero-order chi connectivity index (χ0) is 17.9. The van der Waals surface area contributed by atoms with E-state index in [0.717, 1.165) is 40.4 Å². The average molecular weight is 385 g/mol. The zero-order valence-corrected chi connectivity index (χ0v) is 16.2. The van der Waals surface area contributed by atoms with Crippen molar-refractivity contribution in [1.29, 1.82) is 0 Å². The summed E-state index contributed by atoms with van der Waals surface area (Å²) in [6, 6.07) is 6.21. The molecule has 26 heavy (non-hydrogen) atoms. The van der Waals surface area contributed by atoms with Gasteiger partial charge in [-0.05, 0) is 30.0 Å². The number of amides is 1. The molecule has 0 bridgehead atoms. The number of thiophene rings is 2. The van der Waals surface area contributed by atoms with Crippen LogP contribution < -0.4 is 4.90 Å². The fourth-order valence-electron chi connectivity index (χ4n) is 3.10. The molecule has 0 aromatic carbocycles. The van der Waals surface area contributed by atoms with Gasteiger partial charge in [-0.1, -0.05) is 13.0 Å². The topological polar surface area (TPSA) is 49.3 Å².